The van der Waals surface area contributed by atoms with Gasteiger partial charge in [-0.15, -0.1) is 0 Å². The number of pyridine rings is 1. The maximum absolute atomic E-state index is 13.5. The molecular weight excluding hydrogens is 224 g/mol. The molecule has 1 aliphatic carbocycles. The number of hydrogen-bond donors (Lipinski definition) is 2. The molecule has 1 heterocycles. The van der Waals surface area contributed by atoms with E-state index in [0.29, 0.717) is 0 Å². The van der Waals surface area contributed by atoms with Crippen LogP contribution in [0.2, 0.25) is 0 Å². The van der Waals surface area contributed by atoms with Gasteiger partial charge in [0.25, 0.3) is 0 Å². The van der Waals surface area contributed by atoms with Gasteiger partial charge in [0, 0.05) is 12.1 Å². The molecule has 0 bridgehead atoms. The molecule has 0 amide bonds. The molecule has 0 aliphatic heterocycles. The second kappa shape index (κ2) is 4.13. The van der Waals surface area contributed by atoms with E-state index in [2.05, 4.69) is 24.1 Å². The van der Waals surface area contributed by atoms with Crippen LogP contribution in [0.25, 0.3) is 0 Å². The number of nitrogens with two attached hydrogens (primary N) is 1. The highest BCUT2D eigenvalue weighted by Gasteiger charge is 2.31. The lowest BCUT2D eigenvalue weighted by Crippen LogP contribution is -2.19. The van der Waals surface area contributed by atoms with Crippen LogP contribution in [0, 0.1) is 17.0 Å². The molecule has 0 aromatic carbocycles. The van der Waals surface area contributed by atoms with Crippen LogP contribution < -0.4 is 11.1 Å². The van der Waals surface area contributed by atoms with E-state index in [4.69, 9.17) is 5.73 Å². The summed E-state index contributed by atoms with van der Waals surface area (Å²) in [5.41, 5.74) is 5.59. The van der Waals surface area contributed by atoms with Gasteiger partial charge in [-0.1, -0.05) is 13.8 Å². The smallest absolute Gasteiger partial charge is 0.168 e. The summed E-state index contributed by atoms with van der Waals surface area (Å²) in [5.74, 6) is -1.74. The van der Waals surface area contributed by atoms with Gasteiger partial charge in [0.05, 0.1) is 0 Å². The summed E-state index contributed by atoms with van der Waals surface area (Å²) in [7, 11) is 0. The van der Waals surface area contributed by atoms with Crippen molar-refractivity contribution in [3.63, 3.8) is 0 Å². The normalized spacial score (nSPS) is 22.7. The molecule has 94 valence electrons. The van der Waals surface area contributed by atoms with Crippen molar-refractivity contribution in [1.82, 2.24) is 4.98 Å². The lowest BCUT2D eigenvalue weighted by Gasteiger charge is -2.18. The van der Waals surface area contributed by atoms with Gasteiger partial charge in [-0.05, 0) is 24.7 Å². The molecular formula is C12H17F2N3. The topological polar surface area (TPSA) is 50.9 Å². The van der Waals surface area contributed by atoms with Crippen molar-refractivity contribution in [3.8, 4) is 0 Å². The van der Waals surface area contributed by atoms with Gasteiger partial charge < -0.3 is 11.1 Å². The lowest BCUT2D eigenvalue weighted by atomic mass is 9.92. The summed E-state index contributed by atoms with van der Waals surface area (Å²) in [6.07, 6.45) is 3.00. The Labute approximate surface area is 99.4 Å². The third kappa shape index (κ3) is 2.65. The molecule has 17 heavy (non-hydrogen) atoms. The Morgan fingerprint density at radius 1 is 1.41 bits per heavy atom. The van der Waals surface area contributed by atoms with Crippen molar-refractivity contribution in [3.05, 3.63) is 17.7 Å². The van der Waals surface area contributed by atoms with Crippen LogP contribution in [0.1, 0.15) is 33.1 Å². The van der Waals surface area contributed by atoms with Crippen molar-refractivity contribution < 1.29 is 8.78 Å². The van der Waals surface area contributed by atoms with Gasteiger partial charge in [-0.2, -0.15) is 0 Å². The number of nitrogen functional groups attached to an aromatic ring is 1. The highest BCUT2D eigenvalue weighted by molar-refractivity contribution is 5.45. The first-order valence-corrected chi connectivity index (χ1v) is 5.75. The number of halogens is 2. The molecule has 0 radical (unpaired) electrons. The molecule has 3 N–H and O–H groups in total. The average molecular weight is 241 g/mol. The minimum atomic E-state index is -0.820. The Hall–Kier alpha value is -1.39. The molecule has 5 heteroatoms. The fourth-order valence-corrected chi connectivity index (χ4v) is 2.33. The number of hydrogen-bond acceptors (Lipinski definition) is 3. The van der Waals surface area contributed by atoms with E-state index in [-0.39, 0.29) is 23.1 Å². The predicted molar refractivity (Wildman–Crippen MR) is 63.6 cm³/mol. The van der Waals surface area contributed by atoms with Crippen LogP contribution in [-0.4, -0.2) is 11.0 Å². The molecule has 2 rings (SSSR count). The van der Waals surface area contributed by atoms with E-state index in [9.17, 15) is 8.78 Å². The highest BCUT2D eigenvalue weighted by Crippen LogP contribution is 2.38. The SMILES string of the molecule is CC1(C)CCC(Nc2nc(N)c(F)cc2F)C1. The van der Waals surface area contributed by atoms with Crippen LogP contribution in [0.4, 0.5) is 20.4 Å². The Morgan fingerprint density at radius 3 is 2.71 bits per heavy atom. The molecule has 1 aromatic rings. The van der Waals surface area contributed by atoms with E-state index in [1.165, 1.54) is 0 Å². The minimum Gasteiger partial charge on any atom is -0.381 e. The summed E-state index contributed by atoms with van der Waals surface area (Å²) >= 11 is 0. The van der Waals surface area contributed by atoms with E-state index in [0.717, 1.165) is 25.3 Å². The first kappa shape index (κ1) is 12.1. The fourth-order valence-electron chi connectivity index (χ4n) is 2.33. The molecule has 1 aromatic heterocycles. The molecule has 1 saturated carbocycles. The van der Waals surface area contributed by atoms with Crippen molar-refractivity contribution in [2.24, 2.45) is 5.41 Å². The molecule has 0 saturated heterocycles. The number of rotatable bonds is 2. The fraction of sp³-hybridized carbons (Fsp3) is 0.583. The van der Waals surface area contributed by atoms with Crippen molar-refractivity contribution >= 4 is 11.6 Å². The average Bonchev–Trinajstić information content (AvgIpc) is 2.54. The predicted octanol–water partition coefficient (Wildman–Crippen LogP) is 2.93. The van der Waals surface area contributed by atoms with Gasteiger partial charge in [-0.3, -0.25) is 0 Å². The largest absolute Gasteiger partial charge is 0.381 e. The maximum atomic E-state index is 13.5. The summed E-state index contributed by atoms with van der Waals surface area (Å²) in [6, 6.07) is 0.946. The number of aromatic nitrogens is 1. The van der Waals surface area contributed by atoms with Crippen molar-refractivity contribution in [1.29, 1.82) is 0 Å². The zero-order chi connectivity index (χ0) is 12.6. The Balaban J connectivity index is 2.12. The first-order chi connectivity index (χ1) is 7.87. The third-order valence-corrected chi connectivity index (χ3v) is 3.27. The second-order valence-electron chi connectivity index (χ2n) is 5.43. The molecule has 0 spiro atoms. The summed E-state index contributed by atoms with van der Waals surface area (Å²) < 4.78 is 26.4. The highest BCUT2D eigenvalue weighted by atomic mass is 19.1. The summed E-state index contributed by atoms with van der Waals surface area (Å²) in [4.78, 5) is 3.70. The third-order valence-electron chi connectivity index (χ3n) is 3.27. The molecule has 3 nitrogen and oxygen atoms in total. The van der Waals surface area contributed by atoms with Crippen molar-refractivity contribution in [2.75, 3.05) is 11.1 Å². The quantitative estimate of drug-likeness (QED) is 0.837. The number of nitrogens with zero attached hydrogens (tertiary/aromatic N) is 1. The van der Waals surface area contributed by atoms with E-state index in [1.54, 1.807) is 0 Å². The Kier molecular flexibility index (Phi) is 2.93. The van der Waals surface area contributed by atoms with Crippen LogP contribution in [0.15, 0.2) is 6.07 Å². The van der Waals surface area contributed by atoms with E-state index in [1.807, 2.05) is 0 Å². The van der Waals surface area contributed by atoms with Crippen LogP contribution in [0.3, 0.4) is 0 Å². The molecule has 1 atom stereocenters. The van der Waals surface area contributed by atoms with Crippen LogP contribution in [0.5, 0.6) is 0 Å². The summed E-state index contributed by atoms with van der Waals surface area (Å²) in [5, 5.41) is 3.00. The second-order valence-corrected chi connectivity index (χ2v) is 5.43. The molecule has 1 fully saturated rings. The maximum Gasteiger partial charge on any atom is 0.168 e. The Morgan fingerprint density at radius 2 is 2.12 bits per heavy atom. The van der Waals surface area contributed by atoms with E-state index >= 15 is 0 Å². The van der Waals surface area contributed by atoms with Crippen molar-refractivity contribution in [2.45, 2.75) is 39.2 Å². The van der Waals surface area contributed by atoms with Crippen LogP contribution in [-0.2, 0) is 0 Å². The first-order valence-electron chi connectivity index (χ1n) is 5.75. The van der Waals surface area contributed by atoms with Crippen LogP contribution >= 0.6 is 0 Å². The monoisotopic (exact) mass is 241 g/mol. The minimum absolute atomic E-state index is 0.0478. The zero-order valence-electron chi connectivity index (χ0n) is 10.1. The molecule has 1 aliphatic rings. The molecule has 1 unspecified atom stereocenters. The van der Waals surface area contributed by atoms with Gasteiger partial charge in [0.2, 0.25) is 0 Å². The van der Waals surface area contributed by atoms with E-state index < -0.39 is 11.6 Å². The lowest BCUT2D eigenvalue weighted by molar-refractivity contribution is 0.378. The van der Waals surface area contributed by atoms with Gasteiger partial charge in [-0.25, -0.2) is 13.8 Å². The van der Waals surface area contributed by atoms with Gasteiger partial charge in [0.1, 0.15) is 0 Å². The van der Waals surface area contributed by atoms with Gasteiger partial charge in [0.15, 0.2) is 23.3 Å². The Bertz CT molecular complexity index is 432. The zero-order valence-corrected chi connectivity index (χ0v) is 10.1. The standard InChI is InChI=1S/C12H17F2N3/c1-12(2)4-3-7(6-12)16-11-9(14)5-8(13)10(15)17-11/h5,7H,3-4,6H2,1-2H3,(H3,15,16,17). The number of nitrogens with one attached hydrogen (secondary N) is 1. The van der Waals surface area contributed by atoms with Gasteiger partial charge >= 0.3 is 0 Å². The summed E-state index contributed by atoms with van der Waals surface area (Å²) in [6.45, 7) is 4.36. The number of anilines is 2.